The molecule has 0 unspecified atom stereocenters. The largest absolute Gasteiger partial charge is 0.478 e. The molecule has 2 aliphatic rings. The van der Waals surface area contributed by atoms with Crippen molar-refractivity contribution in [1.82, 2.24) is 14.9 Å². The molecule has 0 radical (unpaired) electrons. The molecule has 5 rings (SSSR count). The highest BCUT2D eigenvalue weighted by molar-refractivity contribution is 6.09. The minimum atomic E-state index is -5.47. The lowest BCUT2D eigenvalue weighted by atomic mass is 9.98. The minimum absolute atomic E-state index is 0.111. The lowest BCUT2D eigenvalue weighted by Gasteiger charge is -2.44. The second-order valence-electron chi connectivity index (χ2n) is 11.2. The predicted octanol–water partition coefficient (Wildman–Crippen LogP) is 4.90. The standard InChI is InChI=1S/C30H30F6N6O4/c1-15-13-42(14-16(2)40(15)3)21-10-20(32)22(17-11-37-29(38-12-17)41-6-8-46-9-7-41)25(33)26(21)39-27(43)18-4-5-19(31)23(28(44)45)24(18)30(34,35)36/h4-5,10-12,15-16H,6-9,13-14H2,1-3H3,(H,39,43)(H,44,45)/t15-,16+. The van der Waals surface area contributed by atoms with Crippen LogP contribution >= 0.6 is 0 Å². The van der Waals surface area contributed by atoms with E-state index in [0.29, 0.717) is 44.4 Å². The molecule has 3 aromatic rings. The number of likely N-dealkylation sites (N-methyl/N-ethyl adjacent to an activating group) is 1. The number of rotatable bonds is 6. The number of benzene rings is 2. The molecule has 2 aromatic carbocycles. The highest BCUT2D eigenvalue weighted by atomic mass is 19.4. The Morgan fingerprint density at radius 2 is 1.59 bits per heavy atom. The van der Waals surface area contributed by atoms with Gasteiger partial charge >= 0.3 is 12.1 Å². The first-order chi connectivity index (χ1) is 21.7. The fourth-order valence-electron chi connectivity index (χ4n) is 5.67. The van der Waals surface area contributed by atoms with Crippen LogP contribution in [0.25, 0.3) is 11.1 Å². The number of aromatic nitrogens is 2. The first-order valence-corrected chi connectivity index (χ1v) is 14.3. The Bertz CT molecular complexity index is 1640. The molecule has 0 bridgehead atoms. The van der Waals surface area contributed by atoms with Crippen LogP contribution in [0, 0.1) is 17.5 Å². The smallest absolute Gasteiger partial charge is 0.418 e. The van der Waals surface area contributed by atoms with E-state index in [1.54, 1.807) is 4.90 Å². The number of halogens is 6. The number of carbonyl (C=O) groups excluding carboxylic acids is 1. The highest BCUT2D eigenvalue weighted by Gasteiger charge is 2.42. The fraction of sp³-hybridized carbons (Fsp3) is 0.400. The second kappa shape index (κ2) is 12.7. The zero-order valence-corrected chi connectivity index (χ0v) is 25.0. The summed E-state index contributed by atoms with van der Waals surface area (Å²) in [6, 6.07) is 1.59. The van der Waals surface area contributed by atoms with Crippen LogP contribution in [-0.4, -0.2) is 90.4 Å². The van der Waals surface area contributed by atoms with Gasteiger partial charge in [-0.1, -0.05) is 0 Å². The topological polar surface area (TPSA) is 111 Å². The van der Waals surface area contributed by atoms with E-state index < -0.39 is 63.4 Å². The van der Waals surface area contributed by atoms with Crippen molar-refractivity contribution >= 4 is 29.2 Å². The molecule has 2 atom stereocenters. The molecule has 0 saturated carbocycles. The van der Waals surface area contributed by atoms with Crippen molar-refractivity contribution in [3.8, 4) is 11.1 Å². The number of hydrogen-bond donors (Lipinski definition) is 2. The summed E-state index contributed by atoms with van der Waals surface area (Å²) in [4.78, 5) is 38.9. The van der Waals surface area contributed by atoms with E-state index in [0.717, 1.165) is 6.07 Å². The lowest BCUT2D eigenvalue weighted by molar-refractivity contribution is -0.138. The summed E-state index contributed by atoms with van der Waals surface area (Å²) in [5.74, 6) is -7.62. The van der Waals surface area contributed by atoms with Gasteiger partial charge in [0.1, 0.15) is 22.9 Å². The maximum absolute atomic E-state index is 16.5. The number of hydrogen-bond acceptors (Lipinski definition) is 8. The lowest BCUT2D eigenvalue weighted by Crippen LogP contribution is -2.55. The normalized spacial score (nSPS) is 19.3. The van der Waals surface area contributed by atoms with E-state index >= 15 is 8.78 Å². The average Bonchev–Trinajstić information content (AvgIpc) is 3.00. The third kappa shape index (κ3) is 6.31. The van der Waals surface area contributed by atoms with E-state index in [9.17, 15) is 32.3 Å². The van der Waals surface area contributed by atoms with Crippen LogP contribution in [0.5, 0.6) is 0 Å². The van der Waals surface area contributed by atoms with Gasteiger partial charge in [0.05, 0.1) is 35.6 Å². The molecule has 0 aliphatic carbocycles. The van der Waals surface area contributed by atoms with Crippen LogP contribution in [0.2, 0.25) is 0 Å². The molecular weight excluding hydrogens is 622 g/mol. The van der Waals surface area contributed by atoms with E-state index in [1.165, 1.54) is 12.4 Å². The summed E-state index contributed by atoms with van der Waals surface area (Å²) in [5.41, 5.74) is -6.64. The van der Waals surface area contributed by atoms with Crippen LogP contribution in [0.3, 0.4) is 0 Å². The van der Waals surface area contributed by atoms with Gasteiger partial charge in [-0.05, 0) is 33.0 Å². The van der Waals surface area contributed by atoms with Gasteiger partial charge in [-0.3, -0.25) is 9.69 Å². The Morgan fingerprint density at radius 3 is 2.15 bits per heavy atom. The molecule has 2 N–H and O–H groups in total. The number of amides is 1. The molecule has 1 aromatic heterocycles. The molecule has 16 heteroatoms. The third-order valence-corrected chi connectivity index (χ3v) is 8.25. The van der Waals surface area contributed by atoms with Crippen LogP contribution in [0.4, 0.5) is 43.7 Å². The van der Waals surface area contributed by atoms with Crippen LogP contribution < -0.4 is 15.1 Å². The minimum Gasteiger partial charge on any atom is -0.478 e. The number of anilines is 3. The quantitative estimate of drug-likeness (QED) is 0.360. The molecule has 2 fully saturated rings. The van der Waals surface area contributed by atoms with Crippen molar-refractivity contribution in [3.05, 3.63) is 64.7 Å². The average molecular weight is 653 g/mol. The summed E-state index contributed by atoms with van der Waals surface area (Å²) in [6.07, 6.45) is -3.10. The van der Waals surface area contributed by atoms with Gasteiger partial charge in [0.25, 0.3) is 5.91 Å². The molecule has 2 saturated heterocycles. The van der Waals surface area contributed by atoms with Gasteiger partial charge < -0.3 is 25.0 Å². The number of ether oxygens (including phenoxy) is 1. The molecule has 2 aliphatic heterocycles. The van der Waals surface area contributed by atoms with Crippen molar-refractivity contribution < 1.29 is 45.8 Å². The first kappa shape index (κ1) is 32.9. The Labute approximate surface area is 259 Å². The number of carboxylic acid groups (broad SMARTS) is 1. The molecule has 46 heavy (non-hydrogen) atoms. The molecule has 1 amide bonds. The zero-order chi connectivity index (χ0) is 33.5. The van der Waals surface area contributed by atoms with Gasteiger partial charge in [-0.15, -0.1) is 0 Å². The Hall–Kier alpha value is -4.44. The third-order valence-electron chi connectivity index (χ3n) is 8.25. The number of aromatic carboxylic acids is 1. The van der Waals surface area contributed by atoms with Crippen LogP contribution in [0.1, 0.15) is 40.1 Å². The van der Waals surface area contributed by atoms with Crippen molar-refractivity contribution in [3.63, 3.8) is 0 Å². The molecule has 10 nitrogen and oxygen atoms in total. The summed E-state index contributed by atoms with van der Waals surface area (Å²) in [7, 11) is 1.87. The van der Waals surface area contributed by atoms with E-state index in [1.807, 2.05) is 30.7 Å². The first-order valence-electron chi connectivity index (χ1n) is 14.3. The summed E-state index contributed by atoms with van der Waals surface area (Å²) >= 11 is 0. The zero-order valence-electron chi connectivity index (χ0n) is 25.0. The fourth-order valence-corrected chi connectivity index (χ4v) is 5.67. The molecule has 0 spiro atoms. The SMILES string of the molecule is C[C@@H]1CN(c2cc(F)c(-c3cnc(N4CCOCC4)nc3)c(F)c2NC(=O)c2ccc(F)c(C(=O)O)c2C(F)(F)F)C[C@H](C)N1C. The number of alkyl halides is 3. The van der Waals surface area contributed by atoms with Gasteiger partial charge in [0.2, 0.25) is 5.95 Å². The molecular formula is C30H30F6N6O4. The Balaban J connectivity index is 1.63. The number of carboxylic acids is 1. The van der Waals surface area contributed by atoms with Gasteiger partial charge in [-0.2, -0.15) is 13.2 Å². The Morgan fingerprint density at radius 1 is 0.978 bits per heavy atom. The highest BCUT2D eigenvalue weighted by Crippen LogP contribution is 2.41. The van der Waals surface area contributed by atoms with E-state index in [4.69, 9.17) is 4.74 Å². The number of nitrogens with zero attached hydrogens (tertiary/aromatic N) is 5. The van der Waals surface area contributed by atoms with Crippen molar-refractivity contribution in [2.24, 2.45) is 0 Å². The maximum atomic E-state index is 16.5. The number of piperazine rings is 1. The maximum Gasteiger partial charge on any atom is 0.418 e. The monoisotopic (exact) mass is 652 g/mol. The number of carbonyl (C=O) groups is 2. The van der Waals surface area contributed by atoms with Gasteiger partial charge in [-0.25, -0.2) is 27.9 Å². The molecule has 246 valence electrons. The predicted molar refractivity (Wildman–Crippen MR) is 156 cm³/mol. The van der Waals surface area contributed by atoms with Gasteiger partial charge in [0, 0.05) is 62.3 Å². The summed E-state index contributed by atoms with van der Waals surface area (Å²) < 4.78 is 94.0. The van der Waals surface area contributed by atoms with E-state index in [2.05, 4.69) is 15.3 Å². The molecule has 3 heterocycles. The summed E-state index contributed by atoms with van der Waals surface area (Å²) in [6.45, 7) is 6.12. The summed E-state index contributed by atoms with van der Waals surface area (Å²) in [5, 5.41) is 11.4. The number of morpholine rings is 1. The Kier molecular flexibility index (Phi) is 9.13. The van der Waals surface area contributed by atoms with Crippen molar-refractivity contribution in [1.29, 1.82) is 0 Å². The van der Waals surface area contributed by atoms with Crippen molar-refractivity contribution in [2.45, 2.75) is 32.1 Å². The van der Waals surface area contributed by atoms with Crippen molar-refractivity contribution in [2.75, 3.05) is 61.6 Å². The van der Waals surface area contributed by atoms with Crippen LogP contribution in [0.15, 0.2) is 30.6 Å². The van der Waals surface area contributed by atoms with Crippen LogP contribution in [-0.2, 0) is 10.9 Å². The van der Waals surface area contributed by atoms with Gasteiger partial charge in [0.15, 0.2) is 5.82 Å². The number of nitrogens with one attached hydrogen (secondary N) is 1. The van der Waals surface area contributed by atoms with E-state index in [-0.39, 0.29) is 36.4 Å². The second-order valence-corrected chi connectivity index (χ2v) is 11.2.